The second-order valence-electron chi connectivity index (χ2n) is 4.24. The van der Waals surface area contributed by atoms with Crippen LogP contribution in [0.5, 0.6) is 0 Å². The second-order valence-corrected chi connectivity index (χ2v) is 5.18. The average Bonchev–Trinajstić information content (AvgIpc) is 3.04. The minimum absolute atomic E-state index is 0.0467. The Labute approximate surface area is 119 Å². The predicted molar refractivity (Wildman–Crippen MR) is 71.4 cm³/mol. The maximum Gasteiger partial charge on any atom is 0.313 e. The molecule has 0 amide bonds. The van der Waals surface area contributed by atoms with E-state index < -0.39 is 5.97 Å². The van der Waals surface area contributed by atoms with Crippen LogP contribution in [-0.4, -0.2) is 36.7 Å². The van der Waals surface area contributed by atoms with E-state index in [-0.39, 0.29) is 18.4 Å². The van der Waals surface area contributed by atoms with Crippen LogP contribution < -0.4 is 0 Å². The van der Waals surface area contributed by atoms with Crippen molar-refractivity contribution in [1.82, 2.24) is 14.8 Å². The zero-order valence-electron chi connectivity index (χ0n) is 10.9. The summed E-state index contributed by atoms with van der Waals surface area (Å²) in [5.74, 6) is 0.201. The Morgan fingerprint density at radius 3 is 2.95 bits per heavy atom. The Balaban J connectivity index is 2.18. The number of aliphatic hydroxyl groups is 1. The molecule has 1 atom stereocenters. The highest BCUT2D eigenvalue weighted by Crippen LogP contribution is 2.24. The summed E-state index contributed by atoms with van der Waals surface area (Å²) in [5, 5.41) is 26.3. The number of carbonyl (C=O) groups is 1. The van der Waals surface area contributed by atoms with Crippen molar-refractivity contribution in [3.05, 3.63) is 30.0 Å². The van der Waals surface area contributed by atoms with E-state index in [2.05, 4.69) is 10.2 Å². The van der Waals surface area contributed by atoms with Crippen molar-refractivity contribution < 1.29 is 19.4 Å². The number of furan rings is 1. The van der Waals surface area contributed by atoms with Crippen LogP contribution in [0.3, 0.4) is 0 Å². The summed E-state index contributed by atoms with van der Waals surface area (Å²) in [5.41, 5.74) is 0. The Morgan fingerprint density at radius 2 is 2.35 bits per heavy atom. The number of carboxylic acids is 1. The van der Waals surface area contributed by atoms with Crippen LogP contribution in [0, 0.1) is 0 Å². The van der Waals surface area contributed by atoms with Gasteiger partial charge in [0.2, 0.25) is 0 Å². The lowest BCUT2D eigenvalue weighted by atomic mass is 10.2. The number of carboxylic acid groups (broad SMARTS) is 1. The first-order valence-electron chi connectivity index (χ1n) is 6.03. The molecule has 2 N–H and O–H groups in total. The van der Waals surface area contributed by atoms with E-state index in [4.69, 9.17) is 9.52 Å². The van der Waals surface area contributed by atoms with E-state index in [0.29, 0.717) is 17.4 Å². The molecule has 2 heterocycles. The number of hydrogen-bond donors (Lipinski definition) is 2. The molecule has 2 aromatic rings. The third-order valence-electron chi connectivity index (χ3n) is 2.72. The van der Waals surface area contributed by atoms with Gasteiger partial charge < -0.3 is 19.2 Å². The number of aliphatic carboxylic acids is 1. The van der Waals surface area contributed by atoms with Crippen molar-refractivity contribution in [3.8, 4) is 0 Å². The second kappa shape index (κ2) is 6.58. The van der Waals surface area contributed by atoms with Crippen molar-refractivity contribution in [2.45, 2.75) is 31.1 Å². The molecule has 20 heavy (non-hydrogen) atoms. The third-order valence-corrected chi connectivity index (χ3v) is 3.65. The highest BCUT2D eigenvalue weighted by molar-refractivity contribution is 7.99. The zero-order valence-corrected chi connectivity index (χ0v) is 11.7. The molecule has 0 fully saturated rings. The molecule has 108 valence electrons. The summed E-state index contributed by atoms with van der Waals surface area (Å²) < 4.78 is 7.04. The SMILES string of the molecule is CC(Cc1ccco1)n1c(CO)nnc1SCC(=O)O. The third kappa shape index (κ3) is 3.40. The van der Waals surface area contributed by atoms with Crippen LogP contribution in [0.1, 0.15) is 24.6 Å². The molecule has 1 unspecified atom stereocenters. The summed E-state index contributed by atoms with van der Waals surface area (Å²) in [6, 6.07) is 3.62. The van der Waals surface area contributed by atoms with Crippen LogP contribution in [0.2, 0.25) is 0 Å². The van der Waals surface area contributed by atoms with E-state index in [1.807, 2.05) is 13.0 Å². The minimum atomic E-state index is -0.922. The van der Waals surface area contributed by atoms with Crippen molar-refractivity contribution in [3.63, 3.8) is 0 Å². The molecule has 0 saturated heterocycles. The molecule has 7 nitrogen and oxygen atoms in total. The Bertz CT molecular complexity index is 567. The van der Waals surface area contributed by atoms with Gasteiger partial charge in [-0.15, -0.1) is 10.2 Å². The standard InChI is InChI=1S/C12H15N3O4S/c1-8(5-9-3-2-4-19-9)15-10(6-16)13-14-12(15)20-7-11(17)18/h2-4,8,16H,5-7H2,1H3,(H,17,18). The van der Waals surface area contributed by atoms with Crippen LogP contribution in [0.25, 0.3) is 0 Å². The normalized spacial score (nSPS) is 12.5. The van der Waals surface area contributed by atoms with E-state index in [1.165, 1.54) is 0 Å². The number of aromatic nitrogens is 3. The van der Waals surface area contributed by atoms with Gasteiger partial charge in [0.05, 0.1) is 12.0 Å². The fraction of sp³-hybridized carbons (Fsp3) is 0.417. The summed E-state index contributed by atoms with van der Waals surface area (Å²) in [6.45, 7) is 1.69. The average molecular weight is 297 g/mol. The van der Waals surface area contributed by atoms with E-state index in [9.17, 15) is 9.90 Å². The quantitative estimate of drug-likeness (QED) is 0.744. The topological polar surface area (TPSA) is 101 Å². The molecule has 0 aliphatic rings. The first-order valence-corrected chi connectivity index (χ1v) is 7.02. The number of hydrogen-bond acceptors (Lipinski definition) is 6. The molecule has 0 radical (unpaired) electrons. The van der Waals surface area contributed by atoms with Gasteiger partial charge in [-0.25, -0.2) is 0 Å². The van der Waals surface area contributed by atoms with Gasteiger partial charge in [-0.2, -0.15) is 0 Å². The number of rotatable bonds is 7. The molecular formula is C12H15N3O4S. The Kier molecular flexibility index (Phi) is 4.80. The van der Waals surface area contributed by atoms with Gasteiger partial charge in [0.25, 0.3) is 0 Å². The van der Waals surface area contributed by atoms with Crippen molar-refractivity contribution in [1.29, 1.82) is 0 Å². The lowest BCUT2D eigenvalue weighted by Gasteiger charge is -2.16. The lowest BCUT2D eigenvalue weighted by molar-refractivity contribution is -0.133. The molecule has 8 heteroatoms. The van der Waals surface area contributed by atoms with Crippen LogP contribution in [-0.2, 0) is 17.8 Å². The van der Waals surface area contributed by atoms with E-state index in [1.54, 1.807) is 16.9 Å². The molecule has 0 aliphatic carbocycles. The van der Waals surface area contributed by atoms with Gasteiger partial charge in [0.15, 0.2) is 11.0 Å². The fourth-order valence-electron chi connectivity index (χ4n) is 1.89. The van der Waals surface area contributed by atoms with E-state index >= 15 is 0 Å². The number of nitrogens with zero attached hydrogens (tertiary/aromatic N) is 3. The first-order chi connectivity index (χ1) is 9.61. The number of thioether (sulfide) groups is 1. The highest BCUT2D eigenvalue weighted by atomic mass is 32.2. The smallest absolute Gasteiger partial charge is 0.313 e. The maximum absolute atomic E-state index is 10.6. The molecule has 0 saturated carbocycles. The van der Waals surface area contributed by atoms with E-state index in [0.717, 1.165) is 17.5 Å². The molecule has 2 aromatic heterocycles. The zero-order chi connectivity index (χ0) is 14.5. The Hall–Kier alpha value is -1.80. The highest BCUT2D eigenvalue weighted by Gasteiger charge is 2.19. The van der Waals surface area contributed by atoms with Crippen molar-refractivity contribution in [2.24, 2.45) is 0 Å². The summed E-state index contributed by atoms with van der Waals surface area (Å²) >= 11 is 1.08. The largest absolute Gasteiger partial charge is 0.481 e. The summed E-state index contributed by atoms with van der Waals surface area (Å²) in [7, 11) is 0. The Morgan fingerprint density at radius 1 is 1.55 bits per heavy atom. The molecule has 0 aliphatic heterocycles. The molecular weight excluding hydrogens is 282 g/mol. The monoisotopic (exact) mass is 297 g/mol. The van der Waals surface area contributed by atoms with Gasteiger partial charge in [0, 0.05) is 12.5 Å². The first kappa shape index (κ1) is 14.6. The van der Waals surface area contributed by atoms with Gasteiger partial charge in [-0.1, -0.05) is 11.8 Å². The van der Waals surface area contributed by atoms with Crippen LogP contribution in [0.4, 0.5) is 0 Å². The molecule has 0 spiro atoms. The fourth-order valence-corrected chi connectivity index (χ4v) is 2.67. The maximum atomic E-state index is 10.6. The van der Waals surface area contributed by atoms with Gasteiger partial charge in [-0.05, 0) is 19.1 Å². The molecule has 0 bridgehead atoms. The molecule has 2 rings (SSSR count). The van der Waals surface area contributed by atoms with Crippen LogP contribution >= 0.6 is 11.8 Å². The van der Waals surface area contributed by atoms with Crippen LogP contribution in [0.15, 0.2) is 28.0 Å². The van der Waals surface area contributed by atoms with Crippen molar-refractivity contribution in [2.75, 3.05) is 5.75 Å². The van der Waals surface area contributed by atoms with Crippen molar-refractivity contribution >= 4 is 17.7 Å². The molecule has 0 aromatic carbocycles. The summed E-state index contributed by atoms with van der Waals surface area (Å²) in [4.78, 5) is 10.6. The lowest BCUT2D eigenvalue weighted by Crippen LogP contribution is -2.13. The van der Waals surface area contributed by atoms with Gasteiger partial charge in [0.1, 0.15) is 12.4 Å². The minimum Gasteiger partial charge on any atom is -0.481 e. The predicted octanol–water partition coefficient (Wildman–Crippen LogP) is 1.34. The summed E-state index contributed by atoms with van der Waals surface area (Å²) in [6.07, 6.45) is 2.21. The van der Waals surface area contributed by atoms with Gasteiger partial charge in [-0.3, -0.25) is 4.79 Å². The van der Waals surface area contributed by atoms with Gasteiger partial charge >= 0.3 is 5.97 Å². The number of aliphatic hydroxyl groups excluding tert-OH is 1.